The zero-order chi connectivity index (χ0) is 15.6. The van der Waals surface area contributed by atoms with Crippen molar-refractivity contribution < 1.29 is 17.6 Å². The monoisotopic (exact) mass is 378 g/mol. The summed E-state index contributed by atoms with van der Waals surface area (Å²) in [7, 11) is -3.84. The van der Waals surface area contributed by atoms with Crippen molar-refractivity contribution >= 4 is 31.9 Å². The molecule has 0 bridgehead atoms. The maximum atomic E-state index is 13.9. The molecule has 2 N–H and O–H groups in total. The molecular weight excluding hydrogens is 363 g/mol. The summed E-state index contributed by atoms with van der Waals surface area (Å²) >= 11 is 3.10. The molecule has 1 aliphatic heterocycles. The molecule has 0 saturated carbocycles. The molecule has 0 spiro atoms. The number of primary amides is 1. The lowest BCUT2D eigenvalue weighted by atomic mass is 9.94. The first-order chi connectivity index (χ1) is 9.80. The van der Waals surface area contributed by atoms with E-state index in [1.807, 2.05) is 0 Å². The fourth-order valence-electron chi connectivity index (χ4n) is 2.46. The lowest BCUT2D eigenvalue weighted by molar-refractivity contribution is -0.119. The highest BCUT2D eigenvalue weighted by molar-refractivity contribution is 9.10. The van der Waals surface area contributed by atoms with E-state index in [1.54, 1.807) is 0 Å². The second-order valence-corrected chi connectivity index (χ2v) is 7.91. The van der Waals surface area contributed by atoms with Gasteiger partial charge in [0.2, 0.25) is 15.9 Å². The average molecular weight is 379 g/mol. The van der Waals surface area contributed by atoms with Crippen LogP contribution in [0.25, 0.3) is 0 Å². The Morgan fingerprint density at radius 1 is 1.38 bits per heavy atom. The number of rotatable bonds is 4. The third-order valence-electron chi connectivity index (χ3n) is 3.58. The molecule has 21 heavy (non-hydrogen) atoms. The van der Waals surface area contributed by atoms with Gasteiger partial charge in [0.1, 0.15) is 10.7 Å². The minimum atomic E-state index is -3.84. The third kappa shape index (κ3) is 3.81. The van der Waals surface area contributed by atoms with Crippen molar-refractivity contribution in [3.05, 3.63) is 28.5 Å². The minimum Gasteiger partial charge on any atom is -0.370 e. The number of sulfonamides is 1. The largest absolute Gasteiger partial charge is 0.370 e. The molecule has 116 valence electrons. The number of hydrogen-bond donors (Lipinski definition) is 1. The van der Waals surface area contributed by atoms with Crippen molar-refractivity contribution in [2.45, 2.75) is 24.2 Å². The van der Waals surface area contributed by atoms with Crippen LogP contribution in [0.2, 0.25) is 0 Å². The normalized spacial score (nSPS) is 17.8. The van der Waals surface area contributed by atoms with Crippen molar-refractivity contribution in [2.75, 3.05) is 13.1 Å². The molecule has 1 aromatic carbocycles. The third-order valence-corrected chi connectivity index (χ3v) is 6.00. The van der Waals surface area contributed by atoms with Crippen LogP contribution in [0.5, 0.6) is 0 Å². The Morgan fingerprint density at radius 2 is 2.00 bits per heavy atom. The van der Waals surface area contributed by atoms with Crippen molar-refractivity contribution in [3.8, 4) is 0 Å². The van der Waals surface area contributed by atoms with Crippen LogP contribution in [0.4, 0.5) is 4.39 Å². The summed E-state index contributed by atoms with van der Waals surface area (Å²) in [6, 6.07) is 3.88. The lowest BCUT2D eigenvalue weighted by Gasteiger charge is -2.30. The number of amides is 1. The zero-order valence-electron chi connectivity index (χ0n) is 11.3. The summed E-state index contributed by atoms with van der Waals surface area (Å²) in [5, 5.41) is 0. The summed E-state index contributed by atoms with van der Waals surface area (Å²) in [6.07, 6.45) is 1.38. The van der Waals surface area contributed by atoms with E-state index in [2.05, 4.69) is 15.9 Å². The molecule has 1 aromatic rings. The molecule has 1 fully saturated rings. The van der Waals surface area contributed by atoms with E-state index in [0.717, 1.165) is 6.07 Å². The van der Waals surface area contributed by atoms with Gasteiger partial charge < -0.3 is 5.73 Å². The summed E-state index contributed by atoms with van der Waals surface area (Å²) in [6.45, 7) is 0.547. The Kier molecular flexibility index (Phi) is 5.00. The van der Waals surface area contributed by atoms with Gasteiger partial charge in [-0.2, -0.15) is 4.31 Å². The van der Waals surface area contributed by atoms with E-state index >= 15 is 0 Å². The molecule has 0 atom stereocenters. The van der Waals surface area contributed by atoms with E-state index in [0.29, 0.717) is 17.3 Å². The van der Waals surface area contributed by atoms with Gasteiger partial charge in [-0.3, -0.25) is 4.79 Å². The average Bonchev–Trinajstić information content (AvgIpc) is 2.38. The van der Waals surface area contributed by atoms with Gasteiger partial charge in [0.25, 0.3) is 0 Å². The molecule has 2 rings (SSSR count). The summed E-state index contributed by atoms with van der Waals surface area (Å²) in [5.41, 5.74) is 5.14. The lowest BCUT2D eigenvalue weighted by Crippen LogP contribution is -2.39. The van der Waals surface area contributed by atoms with Crippen LogP contribution in [0, 0.1) is 11.7 Å². The van der Waals surface area contributed by atoms with E-state index in [1.165, 1.54) is 16.4 Å². The highest BCUT2D eigenvalue weighted by Crippen LogP contribution is 2.27. The Bertz CT molecular complexity index is 643. The van der Waals surface area contributed by atoms with E-state index in [-0.39, 0.29) is 36.2 Å². The molecule has 1 amide bonds. The second kappa shape index (κ2) is 6.41. The number of carbonyl (C=O) groups is 1. The van der Waals surface area contributed by atoms with Crippen molar-refractivity contribution in [2.24, 2.45) is 11.7 Å². The van der Waals surface area contributed by atoms with Gasteiger partial charge in [-0.1, -0.05) is 15.9 Å². The van der Waals surface area contributed by atoms with Crippen molar-refractivity contribution in [3.63, 3.8) is 0 Å². The van der Waals surface area contributed by atoms with Gasteiger partial charge in [0.15, 0.2) is 0 Å². The van der Waals surface area contributed by atoms with Crippen molar-refractivity contribution in [1.82, 2.24) is 4.31 Å². The Hall–Kier alpha value is -0.990. The first-order valence-corrected chi connectivity index (χ1v) is 8.77. The fourth-order valence-corrected chi connectivity index (χ4v) is 4.31. The SMILES string of the molecule is NC(=O)CC1CCN(S(=O)(=O)c2ccc(Br)cc2F)CC1. The number of halogens is 2. The standard InChI is InChI=1S/C13H16BrFN2O3S/c14-10-1-2-12(11(15)8-10)21(19,20)17-5-3-9(4-6-17)7-13(16)18/h1-2,8-9H,3-7H2,(H2,16,18). The predicted molar refractivity (Wildman–Crippen MR) is 79.4 cm³/mol. The van der Waals surface area contributed by atoms with E-state index < -0.39 is 15.8 Å². The molecule has 1 aliphatic rings. The van der Waals surface area contributed by atoms with Crippen LogP contribution in [0.3, 0.4) is 0 Å². The van der Waals surface area contributed by atoms with Crippen LogP contribution in [-0.2, 0) is 14.8 Å². The molecule has 0 radical (unpaired) electrons. The van der Waals surface area contributed by atoms with Gasteiger partial charge in [-0.25, -0.2) is 12.8 Å². The fraction of sp³-hybridized carbons (Fsp3) is 0.462. The number of nitrogens with two attached hydrogens (primary N) is 1. The van der Waals surface area contributed by atoms with Gasteiger partial charge in [-0.15, -0.1) is 0 Å². The molecule has 0 aliphatic carbocycles. The Labute approximate surface area is 131 Å². The minimum absolute atomic E-state index is 0.101. The quantitative estimate of drug-likeness (QED) is 0.867. The maximum Gasteiger partial charge on any atom is 0.245 e. The van der Waals surface area contributed by atoms with Crippen LogP contribution in [-0.4, -0.2) is 31.7 Å². The molecule has 0 aromatic heterocycles. The molecular formula is C13H16BrFN2O3S. The Morgan fingerprint density at radius 3 is 2.52 bits per heavy atom. The first-order valence-electron chi connectivity index (χ1n) is 6.54. The summed E-state index contributed by atoms with van der Waals surface area (Å²) in [5.74, 6) is -1.05. The van der Waals surface area contributed by atoms with Crippen LogP contribution < -0.4 is 5.73 Å². The molecule has 1 saturated heterocycles. The highest BCUT2D eigenvalue weighted by atomic mass is 79.9. The maximum absolute atomic E-state index is 13.9. The first kappa shape index (κ1) is 16.4. The van der Waals surface area contributed by atoms with Crippen LogP contribution >= 0.6 is 15.9 Å². The topological polar surface area (TPSA) is 80.5 Å². The smallest absolute Gasteiger partial charge is 0.245 e. The summed E-state index contributed by atoms with van der Waals surface area (Å²) in [4.78, 5) is 10.6. The zero-order valence-corrected chi connectivity index (χ0v) is 13.7. The van der Waals surface area contributed by atoms with E-state index in [9.17, 15) is 17.6 Å². The number of benzene rings is 1. The Balaban J connectivity index is 2.13. The van der Waals surface area contributed by atoms with Gasteiger partial charge in [0.05, 0.1) is 0 Å². The highest BCUT2D eigenvalue weighted by Gasteiger charge is 2.31. The number of nitrogens with zero attached hydrogens (tertiary/aromatic N) is 1. The number of piperidine rings is 1. The van der Waals surface area contributed by atoms with Gasteiger partial charge in [-0.05, 0) is 37.0 Å². The molecule has 0 unspecified atom stereocenters. The predicted octanol–water partition coefficient (Wildman–Crippen LogP) is 1.86. The van der Waals surface area contributed by atoms with Gasteiger partial charge in [0, 0.05) is 24.0 Å². The molecule has 8 heteroatoms. The summed E-state index contributed by atoms with van der Waals surface area (Å²) < 4.78 is 40.5. The van der Waals surface area contributed by atoms with Gasteiger partial charge >= 0.3 is 0 Å². The van der Waals surface area contributed by atoms with Crippen molar-refractivity contribution in [1.29, 1.82) is 0 Å². The molecule has 1 heterocycles. The number of carbonyl (C=O) groups excluding carboxylic acids is 1. The molecule has 5 nitrogen and oxygen atoms in total. The van der Waals surface area contributed by atoms with E-state index in [4.69, 9.17) is 5.73 Å². The van der Waals surface area contributed by atoms with Crippen LogP contribution in [0.1, 0.15) is 19.3 Å². The second-order valence-electron chi connectivity index (χ2n) is 5.09. The number of hydrogen-bond acceptors (Lipinski definition) is 3. The van der Waals surface area contributed by atoms with Crippen LogP contribution in [0.15, 0.2) is 27.6 Å².